The number of hydrogen-bond donors (Lipinski definition) is 1. The van der Waals surface area contributed by atoms with E-state index in [9.17, 15) is 9.59 Å². The second-order valence-corrected chi connectivity index (χ2v) is 5.11. The largest absolute Gasteiger partial charge is 0.462 e. The van der Waals surface area contributed by atoms with Gasteiger partial charge in [0.05, 0.1) is 6.10 Å². The molecule has 0 aliphatic heterocycles. The van der Waals surface area contributed by atoms with Crippen molar-refractivity contribution < 1.29 is 19.2 Å². The third kappa shape index (κ3) is 6.27. The smallest absolute Gasteiger partial charge is 0.428 e. The molecule has 1 N–H and O–H groups in total. The molecule has 1 rings (SSSR count). The number of carbonyl (C=O) groups excluding carboxylic acids is 2. The molecule has 116 valence electrons. The predicted octanol–water partition coefficient (Wildman–Crippen LogP) is 1.75. The van der Waals surface area contributed by atoms with E-state index >= 15 is 0 Å². The lowest BCUT2D eigenvalue weighted by Gasteiger charge is -2.19. The van der Waals surface area contributed by atoms with Crippen molar-refractivity contribution in [2.75, 3.05) is 14.1 Å². The normalized spacial score (nSPS) is 11.9. The first kappa shape index (κ1) is 17.0. The summed E-state index contributed by atoms with van der Waals surface area (Å²) < 4.78 is 5.17. The van der Waals surface area contributed by atoms with Crippen molar-refractivity contribution in [3.05, 3.63) is 35.9 Å². The van der Waals surface area contributed by atoms with Crippen LogP contribution in [0.3, 0.4) is 0 Å². The molecule has 1 atom stereocenters. The van der Waals surface area contributed by atoms with Crippen LogP contribution < -0.4 is 5.48 Å². The minimum Gasteiger partial charge on any atom is -0.462 e. The summed E-state index contributed by atoms with van der Waals surface area (Å²) in [5.74, 6) is -0.458. The van der Waals surface area contributed by atoms with Crippen LogP contribution in [0.1, 0.15) is 19.4 Å². The number of nitrogens with one attached hydrogen (secondary N) is 1. The lowest BCUT2D eigenvalue weighted by Crippen LogP contribution is -2.43. The number of nitrogens with zero attached hydrogens (tertiary/aromatic N) is 1. The molecule has 1 unspecified atom stereocenters. The van der Waals surface area contributed by atoms with Crippen molar-refractivity contribution in [1.29, 1.82) is 0 Å². The van der Waals surface area contributed by atoms with Crippen LogP contribution in [0.2, 0.25) is 0 Å². The fourth-order valence-electron chi connectivity index (χ4n) is 1.55. The van der Waals surface area contributed by atoms with Crippen molar-refractivity contribution in [1.82, 2.24) is 10.4 Å². The second kappa shape index (κ2) is 8.26. The zero-order chi connectivity index (χ0) is 15.8. The summed E-state index contributed by atoms with van der Waals surface area (Å²) in [4.78, 5) is 29.6. The molecule has 0 aromatic heterocycles. The Morgan fingerprint density at radius 3 is 2.33 bits per heavy atom. The van der Waals surface area contributed by atoms with E-state index in [0.717, 1.165) is 5.56 Å². The van der Waals surface area contributed by atoms with Gasteiger partial charge in [-0.3, -0.25) is 4.79 Å². The van der Waals surface area contributed by atoms with Gasteiger partial charge in [0.2, 0.25) is 0 Å². The molecule has 0 radical (unpaired) electrons. The van der Waals surface area contributed by atoms with Gasteiger partial charge in [0.1, 0.15) is 6.04 Å². The van der Waals surface area contributed by atoms with Gasteiger partial charge < -0.3 is 14.5 Å². The molecule has 6 nitrogen and oxygen atoms in total. The molecule has 1 aromatic rings. The van der Waals surface area contributed by atoms with Crippen LogP contribution >= 0.6 is 0 Å². The molecule has 0 aliphatic rings. The van der Waals surface area contributed by atoms with E-state index in [1.165, 1.54) is 4.90 Å². The molecular formula is C15H22N2O4. The highest BCUT2D eigenvalue weighted by atomic mass is 16.7. The number of carbonyl (C=O) groups is 2. The first-order valence-corrected chi connectivity index (χ1v) is 6.78. The van der Waals surface area contributed by atoms with Crippen LogP contribution in [-0.2, 0) is 20.8 Å². The number of benzene rings is 1. The van der Waals surface area contributed by atoms with E-state index in [0.29, 0.717) is 6.42 Å². The summed E-state index contributed by atoms with van der Waals surface area (Å²) in [5, 5.41) is 0. The first-order chi connectivity index (χ1) is 9.90. The molecule has 0 fully saturated rings. The molecule has 0 bridgehead atoms. The van der Waals surface area contributed by atoms with Crippen molar-refractivity contribution in [3.8, 4) is 0 Å². The third-order valence-corrected chi connectivity index (χ3v) is 2.57. The zero-order valence-electron chi connectivity index (χ0n) is 12.8. The molecule has 0 heterocycles. The summed E-state index contributed by atoms with van der Waals surface area (Å²) in [6.45, 7) is 3.53. The Bertz CT molecular complexity index is 460. The maximum Gasteiger partial charge on any atom is 0.428 e. The molecule has 1 aromatic carbocycles. The van der Waals surface area contributed by atoms with Crippen LogP contribution in [0, 0.1) is 0 Å². The van der Waals surface area contributed by atoms with E-state index in [4.69, 9.17) is 9.57 Å². The average molecular weight is 294 g/mol. The van der Waals surface area contributed by atoms with Gasteiger partial charge in [0, 0.05) is 20.5 Å². The summed E-state index contributed by atoms with van der Waals surface area (Å²) in [6.07, 6.45) is -0.444. The number of hydrogen-bond acceptors (Lipinski definition) is 5. The predicted molar refractivity (Wildman–Crippen MR) is 78.5 cm³/mol. The van der Waals surface area contributed by atoms with Gasteiger partial charge in [-0.2, -0.15) is 0 Å². The molecule has 0 saturated carbocycles. The van der Waals surface area contributed by atoms with E-state index in [-0.39, 0.29) is 6.10 Å². The van der Waals surface area contributed by atoms with Crippen molar-refractivity contribution in [3.63, 3.8) is 0 Å². The number of esters is 1. The van der Waals surface area contributed by atoms with Gasteiger partial charge in [0.15, 0.2) is 0 Å². The van der Waals surface area contributed by atoms with Gasteiger partial charge in [0.25, 0.3) is 0 Å². The minimum absolute atomic E-state index is 0.234. The Labute approximate surface area is 125 Å². The van der Waals surface area contributed by atoms with E-state index < -0.39 is 18.1 Å². The fraction of sp³-hybridized carbons (Fsp3) is 0.467. The van der Waals surface area contributed by atoms with Crippen LogP contribution in [0.4, 0.5) is 4.79 Å². The monoisotopic (exact) mass is 294 g/mol. The van der Waals surface area contributed by atoms with Crippen LogP contribution in [0.5, 0.6) is 0 Å². The number of amides is 1. The lowest BCUT2D eigenvalue weighted by atomic mass is 10.1. The van der Waals surface area contributed by atoms with E-state index in [2.05, 4.69) is 5.48 Å². The maximum absolute atomic E-state index is 12.1. The van der Waals surface area contributed by atoms with Crippen LogP contribution in [0.25, 0.3) is 0 Å². The van der Waals surface area contributed by atoms with Gasteiger partial charge in [-0.25, -0.2) is 4.79 Å². The highest BCUT2D eigenvalue weighted by molar-refractivity contribution is 5.76. The van der Waals surface area contributed by atoms with Gasteiger partial charge >= 0.3 is 12.1 Å². The second-order valence-electron chi connectivity index (χ2n) is 5.11. The Morgan fingerprint density at radius 2 is 1.81 bits per heavy atom. The lowest BCUT2D eigenvalue weighted by molar-refractivity contribution is -0.153. The van der Waals surface area contributed by atoms with E-state index in [1.807, 2.05) is 30.3 Å². The standard InChI is InChI=1S/C15H22N2O4/c1-11(2)20-14(18)13(16-21-15(19)17(3)4)10-12-8-6-5-7-9-12/h5-9,11,13,16H,10H2,1-4H3. The Kier molecular flexibility index (Phi) is 6.68. The van der Waals surface area contributed by atoms with Crippen LogP contribution in [0.15, 0.2) is 30.3 Å². The maximum atomic E-state index is 12.1. The summed E-state index contributed by atoms with van der Waals surface area (Å²) >= 11 is 0. The van der Waals surface area contributed by atoms with Gasteiger partial charge in [-0.05, 0) is 19.4 Å². The highest BCUT2D eigenvalue weighted by Crippen LogP contribution is 2.06. The molecule has 0 saturated heterocycles. The average Bonchev–Trinajstić information content (AvgIpc) is 2.43. The summed E-state index contributed by atoms with van der Waals surface area (Å²) in [6, 6.07) is 8.69. The van der Waals surface area contributed by atoms with Crippen molar-refractivity contribution in [2.45, 2.75) is 32.4 Å². The SMILES string of the molecule is CC(C)OC(=O)C(Cc1ccccc1)NOC(=O)N(C)C. The number of rotatable bonds is 6. The molecule has 1 amide bonds. The minimum atomic E-state index is -0.751. The quantitative estimate of drug-likeness (QED) is 0.639. The zero-order valence-corrected chi connectivity index (χ0v) is 12.8. The topological polar surface area (TPSA) is 67.9 Å². The third-order valence-electron chi connectivity index (χ3n) is 2.57. The number of hydroxylamine groups is 1. The Morgan fingerprint density at radius 1 is 1.19 bits per heavy atom. The van der Waals surface area contributed by atoms with Gasteiger partial charge in [-0.15, -0.1) is 5.48 Å². The molecule has 0 spiro atoms. The number of ether oxygens (including phenoxy) is 1. The molecular weight excluding hydrogens is 272 g/mol. The molecule has 6 heteroatoms. The van der Waals surface area contributed by atoms with Crippen molar-refractivity contribution in [2.24, 2.45) is 0 Å². The Hall–Kier alpha value is -2.08. The Balaban J connectivity index is 2.70. The fourth-order valence-corrected chi connectivity index (χ4v) is 1.55. The van der Waals surface area contributed by atoms with Crippen molar-refractivity contribution >= 4 is 12.1 Å². The molecule has 21 heavy (non-hydrogen) atoms. The molecule has 0 aliphatic carbocycles. The van der Waals surface area contributed by atoms with Crippen LogP contribution in [-0.4, -0.2) is 43.2 Å². The summed E-state index contributed by atoms with van der Waals surface area (Å²) in [7, 11) is 3.12. The first-order valence-electron chi connectivity index (χ1n) is 6.78. The summed E-state index contributed by atoms with van der Waals surface area (Å²) in [5.41, 5.74) is 3.43. The van der Waals surface area contributed by atoms with Gasteiger partial charge in [-0.1, -0.05) is 30.3 Å². The highest BCUT2D eigenvalue weighted by Gasteiger charge is 2.23. The van der Waals surface area contributed by atoms with E-state index in [1.54, 1.807) is 27.9 Å².